The molecule has 102 valence electrons. The molecule has 0 aromatic heterocycles. The first-order valence-electron chi connectivity index (χ1n) is 4.84. The Bertz CT molecular complexity index is 277. The number of carboxylic acids is 1. The lowest BCUT2D eigenvalue weighted by atomic mass is 10.1. The average Bonchev–Trinajstić information content (AvgIpc) is 2.14. The molecule has 0 saturated heterocycles. The van der Waals surface area contributed by atoms with Gasteiger partial charge in [-0.3, -0.25) is 9.79 Å². The summed E-state index contributed by atoms with van der Waals surface area (Å²) in [6.07, 6.45) is 3.03. The Labute approximate surface area is 114 Å². The first-order chi connectivity index (χ1) is 6.93. The van der Waals surface area contributed by atoms with E-state index in [2.05, 4.69) is 4.99 Å². The van der Waals surface area contributed by atoms with Crippen molar-refractivity contribution in [3.8, 4) is 0 Å². The molecule has 0 aliphatic rings. The summed E-state index contributed by atoms with van der Waals surface area (Å²) in [5.41, 5.74) is 11.8. The molecule has 0 fully saturated rings. The van der Waals surface area contributed by atoms with Crippen LogP contribution in [0.1, 0.15) is 26.7 Å². The lowest BCUT2D eigenvalue weighted by molar-refractivity contribution is -0.138. The highest BCUT2D eigenvalue weighted by atomic mass is 35.5. The molecule has 0 aromatic carbocycles. The van der Waals surface area contributed by atoms with Crippen LogP contribution in [0, 0.1) is 0 Å². The number of allylic oxidation sites excluding steroid dienone is 1. The maximum atomic E-state index is 10.4. The standard InChI is InChI=1S/C10H19N3O2.2ClH/c1-7(6-13-8(2)11)4-3-5-9(12)10(14)15;;/h4,9H,3,5-6,12H2,1-2H3,(H2,11,13)(H,14,15);2*1H/b7-4+;;/t9-;;/m0../s1. The highest BCUT2D eigenvalue weighted by Crippen LogP contribution is 2.01. The fourth-order valence-corrected chi connectivity index (χ4v) is 0.947. The maximum absolute atomic E-state index is 10.4. The van der Waals surface area contributed by atoms with Gasteiger partial charge in [-0.2, -0.15) is 0 Å². The molecule has 0 heterocycles. The van der Waals surface area contributed by atoms with Crippen molar-refractivity contribution in [1.82, 2.24) is 0 Å². The number of nitrogens with two attached hydrogens (primary N) is 2. The fourth-order valence-electron chi connectivity index (χ4n) is 0.947. The van der Waals surface area contributed by atoms with Gasteiger partial charge in [0.2, 0.25) is 0 Å². The van der Waals surface area contributed by atoms with Crippen LogP contribution in [0.25, 0.3) is 0 Å². The van der Waals surface area contributed by atoms with Crippen LogP contribution < -0.4 is 11.5 Å². The molecule has 5 N–H and O–H groups in total. The molecule has 1 atom stereocenters. The fraction of sp³-hybridized carbons (Fsp3) is 0.600. The molecule has 0 aromatic rings. The molecule has 0 aliphatic carbocycles. The van der Waals surface area contributed by atoms with Crippen molar-refractivity contribution in [2.45, 2.75) is 32.7 Å². The molecular weight excluding hydrogens is 265 g/mol. The van der Waals surface area contributed by atoms with E-state index in [1.54, 1.807) is 6.92 Å². The lowest BCUT2D eigenvalue weighted by Gasteiger charge is -2.03. The highest BCUT2D eigenvalue weighted by molar-refractivity contribution is 5.85. The van der Waals surface area contributed by atoms with E-state index in [-0.39, 0.29) is 24.8 Å². The molecule has 0 rings (SSSR count). The first-order valence-corrected chi connectivity index (χ1v) is 4.84. The number of carbonyl (C=O) groups is 1. The monoisotopic (exact) mass is 285 g/mol. The Hall–Kier alpha value is -0.780. The van der Waals surface area contributed by atoms with Crippen LogP contribution in [-0.2, 0) is 4.79 Å². The van der Waals surface area contributed by atoms with E-state index in [9.17, 15) is 4.79 Å². The van der Waals surface area contributed by atoms with Gasteiger partial charge in [0.05, 0.1) is 12.4 Å². The normalized spacial score (nSPS) is 13.4. The molecule has 5 nitrogen and oxygen atoms in total. The van der Waals surface area contributed by atoms with Crippen molar-refractivity contribution in [3.05, 3.63) is 11.6 Å². The molecule has 0 radical (unpaired) electrons. The minimum Gasteiger partial charge on any atom is -0.480 e. The highest BCUT2D eigenvalue weighted by Gasteiger charge is 2.09. The summed E-state index contributed by atoms with van der Waals surface area (Å²) in [7, 11) is 0. The smallest absolute Gasteiger partial charge is 0.320 e. The van der Waals surface area contributed by atoms with Gasteiger partial charge in [0, 0.05) is 0 Å². The van der Waals surface area contributed by atoms with Crippen molar-refractivity contribution in [1.29, 1.82) is 0 Å². The second-order valence-electron chi connectivity index (χ2n) is 3.53. The van der Waals surface area contributed by atoms with Gasteiger partial charge in [0.1, 0.15) is 6.04 Å². The van der Waals surface area contributed by atoms with Gasteiger partial charge in [0.15, 0.2) is 0 Å². The third kappa shape index (κ3) is 13.2. The van der Waals surface area contributed by atoms with Gasteiger partial charge in [-0.25, -0.2) is 0 Å². The predicted molar refractivity (Wildman–Crippen MR) is 75.3 cm³/mol. The average molecular weight is 286 g/mol. The predicted octanol–water partition coefficient (Wildman–Crippen LogP) is 1.35. The molecule has 0 aliphatic heterocycles. The van der Waals surface area contributed by atoms with Crippen LogP contribution >= 0.6 is 24.8 Å². The third-order valence-electron chi connectivity index (χ3n) is 1.87. The van der Waals surface area contributed by atoms with Gasteiger partial charge in [0.25, 0.3) is 0 Å². The second kappa shape index (κ2) is 11.7. The van der Waals surface area contributed by atoms with E-state index in [4.69, 9.17) is 16.6 Å². The number of rotatable bonds is 6. The number of nitrogens with zero attached hydrogens (tertiary/aromatic N) is 1. The van der Waals surface area contributed by atoms with Crippen LogP contribution in [0.2, 0.25) is 0 Å². The van der Waals surface area contributed by atoms with Crippen molar-refractivity contribution >= 4 is 36.6 Å². The summed E-state index contributed by atoms with van der Waals surface area (Å²) < 4.78 is 0. The van der Waals surface area contributed by atoms with E-state index >= 15 is 0 Å². The summed E-state index contributed by atoms with van der Waals surface area (Å²) in [4.78, 5) is 14.4. The number of aliphatic imine (C=N–C) groups is 1. The zero-order valence-corrected chi connectivity index (χ0v) is 11.7. The zero-order chi connectivity index (χ0) is 11.8. The van der Waals surface area contributed by atoms with Crippen molar-refractivity contribution in [3.63, 3.8) is 0 Å². The van der Waals surface area contributed by atoms with Gasteiger partial charge in [-0.15, -0.1) is 24.8 Å². The number of amidine groups is 1. The first kappa shape index (κ1) is 21.5. The molecule has 0 saturated carbocycles. The Morgan fingerprint density at radius 3 is 2.35 bits per heavy atom. The number of aliphatic carboxylic acids is 1. The van der Waals surface area contributed by atoms with Crippen LogP contribution in [0.15, 0.2) is 16.6 Å². The van der Waals surface area contributed by atoms with Crippen molar-refractivity contribution < 1.29 is 9.90 Å². The molecule has 0 amide bonds. The SMILES string of the molecule is CC(N)=NC/C(C)=C/CC[C@H](N)C(=O)O.Cl.Cl. The van der Waals surface area contributed by atoms with Crippen molar-refractivity contribution in [2.75, 3.05) is 6.54 Å². The van der Waals surface area contributed by atoms with Crippen LogP contribution in [0.5, 0.6) is 0 Å². The Morgan fingerprint density at radius 2 is 1.94 bits per heavy atom. The van der Waals surface area contributed by atoms with Gasteiger partial charge in [-0.1, -0.05) is 11.6 Å². The van der Waals surface area contributed by atoms with Gasteiger partial charge < -0.3 is 16.6 Å². The lowest BCUT2D eigenvalue weighted by Crippen LogP contribution is -2.29. The Balaban J connectivity index is -0.000000980. The number of hydrogen-bond acceptors (Lipinski definition) is 3. The molecule has 0 spiro atoms. The largest absolute Gasteiger partial charge is 0.480 e. The summed E-state index contributed by atoms with van der Waals surface area (Å²) in [5, 5.41) is 8.54. The summed E-state index contributed by atoms with van der Waals surface area (Å²) in [5.74, 6) is -0.415. The number of carboxylic acid groups (broad SMARTS) is 1. The van der Waals surface area contributed by atoms with Gasteiger partial charge >= 0.3 is 5.97 Å². The van der Waals surface area contributed by atoms with Crippen LogP contribution in [-0.4, -0.2) is 29.5 Å². The minimum atomic E-state index is -0.961. The third-order valence-corrected chi connectivity index (χ3v) is 1.87. The number of hydrogen-bond donors (Lipinski definition) is 3. The van der Waals surface area contributed by atoms with E-state index < -0.39 is 12.0 Å². The molecule has 17 heavy (non-hydrogen) atoms. The Kier molecular flexibility index (Phi) is 14.8. The van der Waals surface area contributed by atoms with Gasteiger partial charge in [-0.05, 0) is 26.7 Å². The summed E-state index contributed by atoms with van der Waals surface area (Å²) in [6, 6.07) is -0.784. The van der Waals surface area contributed by atoms with E-state index in [1.807, 2.05) is 13.0 Å². The van der Waals surface area contributed by atoms with E-state index in [0.29, 0.717) is 25.2 Å². The molecule has 0 unspecified atom stereocenters. The Morgan fingerprint density at radius 1 is 1.41 bits per heavy atom. The summed E-state index contributed by atoms with van der Waals surface area (Å²) in [6.45, 7) is 4.22. The quantitative estimate of drug-likeness (QED) is 0.389. The molecule has 0 bridgehead atoms. The van der Waals surface area contributed by atoms with Crippen molar-refractivity contribution in [2.24, 2.45) is 16.5 Å². The van der Waals surface area contributed by atoms with E-state index in [0.717, 1.165) is 5.57 Å². The maximum Gasteiger partial charge on any atom is 0.320 e. The van der Waals surface area contributed by atoms with E-state index in [1.165, 1.54) is 0 Å². The summed E-state index contributed by atoms with van der Waals surface area (Å²) >= 11 is 0. The molecular formula is C10H21Cl2N3O2. The number of halogens is 2. The zero-order valence-electron chi connectivity index (χ0n) is 10.0. The van der Waals surface area contributed by atoms with Crippen LogP contribution in [0.3, 0.4) is 0 Å². The molecule has 7 heteroatoms. The second-order valence-corrected chi connectivity index (χ2v) is 3.53. The topological polar surface area (TPSA) is 102 Å². The minimum absolute atomic E-state index is 0. The van der Waals surface area contributed by atoms with Crippen LogP contribution in [0.4, 0.5) is 0 Å².